The van der Waals surface area contributed by atoms with E-state index in [2.05, 4.69) is 58.2 Å². The van der Waals surface area contributed by atoms with Crippen LogP contribution in [0.15, 0.2) is 40.8 Å². The molecule has 1 atom stereocenters. The van der Waals surface area contributed by atoms with Crippen molar-refractivity contribution in [2.75, 3.05) is 37.6 Å². The third kappa shape index (κ3) is 5.40. The molecular formula is C25H32N4O2S. The van der Waals surface area contributed by atoms with E-state index in [4.69, 9.17) is 4.42 Å². The molecule has 1 aliphatic heterocycles. The highest BCUT2D eigenvalue weighted by Crippen LogP contribution is 2.29. The highest BCUT2D eigenvalue weighted by molar-refractivity contribution is 7.17. The Balaban J connectivity index is 1.24. The molecule has 0 saturated carbocycles. The van der Waals surface area contributed by atoms with Gasteiger partial charge in [-0.15, -0.1) is 11.3 Å². The standard InChI is InChI=1S/C25H32N4O2S/c1-17-6-5-7-21(16-17)29-14-12-28(13-15-29)11-10-18(2)26-24(30)23-20(4)27-25(32-23)22-9-8-19(3)31-22/h5-9,16,18H,10-15H2,1-4H3,(H,26,30). The van der Waals surface area contributed by atoms with Crippen molar-refractivity contribution in [1.82, 2.24) is 15.2 Å². The summed E-state index contributed by atoms with van der Waals surface area (Å²) in [7, 11) is 0. The van der Waals surface area contributed by atoms with Gasteiger partial charge in [-0.05, 0) is 63.9 Å². The molecule has 1 aliphatic rings. The summed E-state index contributed by atoms with van der Waals surface area (Å²) in [5.41, 5.74) is 3.36. The van der Waals surface area contributed by atoms with E-state index in [1.54, 1.807) is 0 Å². The van der Waals surface area contributed by atoms with Crippen LogP contribution in [0, 0.1) is 20.8 Å². The molecule has 1 amide bonds. The highest BCUT2D eigenvalue weighted by Gasteiger charge is 2.21. The Labute approximate surface area is 194 Å². The summed E-state index contributed by atoms with van der Waals surface area (Å²) in [5.74, 6) is 1.51. The van der Waals surface area contributed by atoms with E-state index in [1.807, 2.05) is 26.0 Å². The predicted molar refractivity (Wildman–Crippen MR) is 131 cm³/mol. The number of furan rings is 1. The SMILES string of the molecule is Cc1cccc(N2CCN(CCC(C)NC(=O)c3sc(-c4ccc(C)o4)nc3C)CC2)c1. The second kappa shape index (κ2) is 9.88. The van der Waals surface area contributed by atoms with E-state index in [1.165, 1.54) is 22.6 Å². The quantitative estimate of drug-likeness (QED) is 0.565. The summed E-state index contributed by atoms with van der Waals surface area (Å²) in [5, 5.41) is 3.90. The number of amides is 1. The Bertz CT molecular complexity index is 1070. The van der Waals surface area contributed by atoms with Gasteiger partial charge in [0.2, 0.25) is 0 Å². The monoisotopic (exact) mass is 452 g/mol. The van der Waals surface area contributed by atoms with E-state index in [9.17, 15) is 4.79 Å². The number of aryl methyl sites for hydroxylation is 3. The molecule has 170 valence electrons. The third-order valence-electron chi connectivity index (χ3n) is 5.95. The van der Waals surface area contributed by atoms with Crippen LogP contribution in [0.25, 0.3) is 10.8 Å². The van der Waals surface area contributed by atoms with Gasteiger partial charge >= 0.3 is 0 Å². The van der Waals surface area contributed by atoms with E-state index in [0.717, 1.165) is 55.6 Å². The van der Waals surface area contributed by atoms with Crippen LogP contribution in [0.1, 0.15) is 40.0 Å². The maximum Gasteiger partial charge on any atom is 0.263 e. The summed E-state index contributed by atoms with van der Waals surface area (Å²) in [6, 6.07) is 12.6. The number of rotatable bonds is 7. The molecule has 6 nitrogen and oxygen atoms in total. The van der Waals surface area contributed by atoms with E-state index in [-0.39, 0.29) is 11.9 Å². The number of thiazole rings is 1. The zero-order valence-corrected chi connectivity index (χ0v) is 20.2. The van der Waals surface area contributed by atoms with Crippen molar-refractivity contribution in [2.24, 2.45) is 0 Å². The zero-order valence-electron chi connectivity index (χ0n) is 19.4. The van der Waals surface area contributed by atoms with Gasteiger partial charge in [-0.1, -0.05) is 12.1 Å². The van der Waals surface area contributed by atoms with Crippen LogP contribution < -0.4 is 10.2 Å². The van der Waals surface area contributed by atoms with Gasteiger partial charge in [0.25, 0.3) is 5.91 Å². The van der Waals surface area contributed by atoms with Crippen molar-refractivity contribution in [3.63, 3.8) is 0 Å². The van der Waals surface area contributed by atoms with Crippen LogP contribution in [0.5, 0.6) is 0 Å². The van der Waals surface area contributed by atoms with Crippen molar-refractivity contribution < 1.29 is 9.21 Å². The van der Waals surface area contributed by atoms with Gasteiger partial charge in [-0.3, -0.25) is 9.69 Å². The lowest BCUT2D eigenvalue weighted by atomic mass is 10.1. The average molecular weight is 453 g/mol. The summed E-state index contributed by atoms with van der Waals surface area (Å²) >= 11 is 1.39. The minimum Gasteiger partial charge on any atom is -0.459 e. The second-order valence-electron chi connectivity index (χ2n) is 8.67. The fraction of sp³-hybridized carbons (Fsp3) is 0.440. The van der Waals surface area contributed by atoms with Crippen LogP contribution in [-0.2, 0) is 0 Å². The number of carbonyl (C=O) groups excluding carboxylic acids is 1. The fourth-order valence-corrected chi connectivity index (χ4v) is 4.99. The lowest BCUT2D eigenvalue weighted by Crippen LogP contribution is -2.47. The average Bonchev–Trinajstić information content (AvgIpc) is 3.38. The zero-order chi connectivity index (χ0) is 22.7. The molecule has 4 rings (SSSR count). The number of hydrogen-bond acceptors (Lipinski definition) is 6. The third-order valence-corrected chi connectivity index (χ3v) is 7.12. The molecule has 0 bridgehead atoms. The number of hydrogen-bond donors (Lipinski definition) is 1. The normalized spacial score (nSPS) is 15.7. The highest BCUT2D eigenvalue weighted by atomic mass is 32.1. The first-order valence-electron chi connectivity index (χ1n) is 11.3. The molecule has 0 aliphatic carbocycles. The van der Waals surface area contributed by atoms with Gasteiger partial charge in [0.15, 0.2) is 10.8 Å². The Kier molecular flexibility index (Phi) is 6.96. The van der Waals surface area contributed by atoms with Gasteiger partial charge in [-0.25, -0.2) is 4.98 Å². The molecule has 1 N–H and O–H groups in total. The van der Waals surface area contributed by atoms with Gasteiger partial charge in [-0.2, -0.15) is 0 Å². The van der Waals surface area contributed by atoms with Crippen LogP contribution in [0.4, 0.5) is 5.69 Å². The molecule has 3 aromatic rings. The maximum atomic E-state index is 12.8. The maximum absolute atomic E-state index is 12.8. The minimum absolute atomic E-state index is 0.0497. The van der Waals surface area contributed by atoms with Crippen molar-refractivity contribution in [2.45, 2.75) is 40.2 Å². The number of anilines is 1. The van der Waals surface area contributed by atoms with E-state index < -0.39 is 0 Å². The Hall–Kier alpha value is -2.64. The van der Waals surface area contributed by atoms with Gasteiger partial charge in [0.05, 0.1) is 5.69 Å². The summed E-state index contributed by atoms with van der Waals surface area (Å²) < 4.78 is 5.65. The van der Waals surface area contributed by atoms with Gasteiger partial charge in [0.1, 0.15) is 10.6 Å². The second-order valence-corrected chi connectivity index (χ2v) is 9.67. The molecule has 0 spiro atoms. The lowest BCUT2D eigenvalue weighted by Gasteiger charge is -2.36. The van der Waals surface area contributed by atoms with Crippen molar-refractivity contribution in [3.05, 3.63) is 58.3 Å². The van der Waals surface area contributed by atoms with Crippen molar-refractivity contribution in [1.29, 1.82) is 0 Å². The molecule has 1 aromatic carbocycles. The Morgan fingerprint density at radius 3 is 2.62 bits per heavy atom. The van der Waals surface area contributed by atoms with Crippen LogP contribution >= 0.6 is 11.3 Å². The molecule has 1 unspecified atom stereocenters. The first kappa shape index (κ1) is 22.6. The number of benzene rings is 1. The van der Waals surface area contributed by atoms with Crippen molar-refractivity contribution in [3.8, 4) is 10.8 Å². The summed E-state index contributed by atoms with van der Waals surface area (Å²) in [4.78, 5) is 23.0. The van der Waals surface area contributed by atoms with Gasteiger partial charge < -0.3 is 14.6 Å². The smallest absolute Gasteiger partial charge is 0.263 e. The van der Waals surface area contributed by atoms with Crippen LogP contribution in [0.2, 0.25) is 0 Å². The summed E-state index contributed by atoms with van der Waals surface area (Å²) in [6.45, 7) is 13.2. The number of carbonyl (C=O) groups is 1. The molecule has 7 heteroatoms. The van der Waals surface area contributed by atoms with Crippen LogP contribution in [-0.4, -0.2) is 54.6 Å². The summed E-state index contributed by atoms with van der Waals surface area (Å²) in [6.07, 6.45) is 0.929. The molecule has 32 heavy (non-hydrogen) atoms. The molecule has 1 saturated heterocycles. The predicted octanol–water partition coefficient (Wildman–Crippen LogP) is 4.66. The largest absolute Gasteiger partial charge is 0.459 e. The molecule has 0 radical (unpaired) electrons. The molecule has 1 fully saturated rings. The molecule has 2 aromatic heterocycles. The van der Waals surface area contributed by atoms with Crippen molar-refractivity contribution >= 4 is 22.9 Å². The first-order chi connectivity index (χ1) is 15.4. The number of aromatic nitrogens is 1. The van der Waals surface area contributed by atoms with Crippen LogP contribution in [0.3, 0.4) is 0 Å². The fourth-order valence-electron chi connectivity index (χ4n) is 4.05. The topological polar surface area (TPSA) is 61.6 Å². The Morgan fingerprint density at radius 2 is 1.94 bits per heavy atom. The number of nitrogens with zero attached hydrogens (tertiary/aromatic N) is 3. The number of piperazine rings is 1. The minimum atomic E-state index is -0.0497. The van der Waals surface area contributed by atoms with Gasteiger partial charge in [0, 0.05) is 44.5 Å². The van der Waals surface area contributed by atoms with E-state index >= 15 is 0 Å². The molecular weight excluding hydrogens is 420 g/mol. The Morgan fingerprint density at radius 1 is 1.16 bits per heavy atom. The first-order valence-corrected chi connectivity index (χ1v) is 12.1. The molecule has 3 heterocycles. The lowest BCUT2D eigenvalue weighted by molar-refractivity contribution is 0.0938. The number of nitrogens with one attached hydrogen (secondary N) is 1. The van der Waals surface area contributed by atoms with E-state index in [0.29, 0.717) is 10.6 Å².